The molecule has 0 radical (unpaired) electrons. The van der Waals surface area contributed by atoms with Gasteiger partial charge in [-0.05, 0) is 32.8 Å². The van der Waals surface area contributed by atoms with Crippen LogP contribution in [-0.4, -0.2) is 17.1 Å². The minimum atomic E-state index is -0.481. The largest absolute Gasteiger partial charge is 0.461 e. The standard InChI is InChI=1S/C14H21N3O2/c1-4-6-17-9-11(16)8-12(17)13(18)19-7-5-14(2,3)10-15/h8-9H,4-7,16H2,1-3H3. The Bertz CT molecular complexity index is 483. The number of hydrogen-bond donors (Lipinski definition) is 1. The molecule has 0 aromatic carbocycles. The van der Waals surface area contributed by atoms with Crippen molar-refractivity contribution >= 4 is 11.7 Å². The van der Waals surface area contributed by atoms with E-state index in [0.29, 0.717) is 17.8 Å². The van der Waals surface area contributed by atoms with Gasteiger partial charge in [-0.3, -0.25) is 0 Å². The molecule has 0 fully saturated rings. The molecule has 1 aromatic rings. The molecule has 0 bridgehead atoms. The molecule has 0 aliphatic rings. The fraction of sp³-hybridized carbons (Fsp3) is 0.571. The van der Waals surface area contributed by atoms with Crippen molar-refractivity contribution in [1.29, 1.82) is 5.26 Å². The number of aromatic nitrogens is 1. The quantitative estimate of drug-likeness (QED) is 0.800. The van der Waals surface area contributed by atoms with Gasteiger partial charge in [-0.2, -0.15) is 5.26 Å². The number of rotatable bonds is 6. The summed E-state index contributed by atoms with van der Waals surface area (Å²) in [6.45, 7) is 6.62. The van der Waals surface area contributed by atoms with E-state index in [4.69, 9.17) is 15.7 Å². The van der Waals surface area contributed by atoms with Crippen LogP contribution in [0.15, 0.2) is 12.3 Å². The molecule has 19 heavy (non-hydrogen) atoms. The van der Waals surface area contributed by atoms with Gasteiger partial charge in [-0.1, -0.05) is 6.92 Å². The maximum Gasteiger partial charge on any atom is 0.355 e. The first-order valence-corrected chi connectivity index (χ1v) is 6.43. The molecule has 0 saturated carbocycles. The predicted octanol–water partition coefficient (Wildman–Crippen LogP) is 2.58. The van der Waals surface area contributed by atoms with Crippen LogP contribution in [0.25, 0.3) is 0 Å². The smallest absolute Gasteiger partial charge is 0.355 e. The van der Waals surface area contributed by atoms with Crippen molar-refractivity contribution in [3.05, 3.63) is 18.0 Å². The second-order valence-electron chi connectivity index (χ2n) is 5.23. The van der Waals surface area contributed by atoms with Gasteiger partial charge in [-0.15, -0.1) is 0 Å². The Morgan fingerprint density at radius 1 is 1.58 bits per heavy atom. The number of ether oxygens (including phenoxy) is 1. The molecule has 5 nitrogen and oxygen atoms in total. The lowest BCUT2D eigenvalue weighted by Gasteiger charge is -2.14. The van der Waals surface area contributed by atoms with Gasteiger partial charge >= 0.3 is 5.97 Å². The van der Waals surface area contributed by atoms with E-state index in [-0.39, 0.29) is 12.6 Å². The van der Waals surface area contributed by atoms with E-state index < -0.39 is 5.41 Å². The zero-order valence-corrected chi connectivity index (χ0v) is 11.8. The van der Waals surface area contributed by atoms with Gasteiger partial charge in [-0.25, -0.2) is 4.79 Å². The lowest BCUT2D eigenvalue weighted by molar-refractivity contribution is 0.0462. The molecule has 0 unspecified atom stereocenters. The Morgan fingerprint density at radius 2 is 2.26 bits per heavy atom. The summed E-state index contributed by atoms with van der Waals surface area (Å²) in [5, 5.41) is 8.88. The molecule has 104 valence electrons. The molecule has 0 aliphatic heterocycles. The van der Waals surface area contributed by atoms with E-state index in [1.54, 1.807) is 16.8 Å². The summed E-state index contributed by atoms with van der Waals surface area (Å²) >= 11 is 0. The van der Waals surface area contributed by atoms with Crippen molar-refractivity contribution in [1.82, 2.24) is 4.57 Å². The second-order valence-corrected chi connectivity index (χ2v) is 5.23. The molecule has 5 heteroatoms. The van der Waals surface area contributed by atoms with Crippen LogP contribution in [0.2, 0.25) is 0 Å². The topological polar surface area (TPSA) is 81.0 Å². The van der Waals surface area contributed by atoms with Gasteiger partial charge in [0.15, 0.2) is 0 Å². The average Bonchev–Trinajstić information content (AvgIpc) is 2.70. The van der Waals surface area contributed by atoms with Crippen LogP contribution < -0.4 is 5.73 Å². The highest BCUT2D eigenvalue weighted by atomic mass is 16.5. The Labute approximate surface area is 114 Å². The summed E-state index contributed by atoms with van der Waals surface area (Å²) in [5.41, 5.74) is 6.23. The van der Waals surface area contributed by atoms with Crippen molar-refractivity contribution in [3.63, 3.8) is 0 Å². The van der Waals surface area contributed by atoms with Gasteiger partial charge in [0.1, 0.15) is 5.69 Å². The van der Waals surface area contributed by atoms with Crippen molar-refractivity contribution in [3.8, 4) is 6.07 Å². The lowest BCUT2D eigenvalue weighted by atomic mass is 9.92. The van der Waals surface area contributed by atoms with Crippen LogP contribution in [0, 0.1) is 16.7 Å². The maximum absolute atomic E-state index is 11.9. The summed E-state index contributed by atoms with van der Waals surface area (Å²) in [6, 6.07) is 3.79. The van der Waals surface area contributed by atoms with Crippen LogP contribution in [0.5, 0.6) is 0 Å². The molecule has 0 aliphatic carbocycles. The summed E-state index contributed by atoms with van der Waals surface area (Å²) in [7, 11) is 0. The fourth-order valence-corrected chi connectivity index (χ4v) is 1.66. The first-order chi connectivity index (χ1) is 8.89. The predicted molar refractivity (Wildman–Crippen MR) is 73.4 cm³/mol. The zero-order valence-electron chi connectivity index (χ0n) is 11.8. The highest BCUT2D eigenvalue weighted by molar-refractivity contribution is 5.89. The third-order valence-electron chi connectivity index (χ3n) is 2.85. The number of nitrogen functional groups attached to an aromatic ring is 1. The molecule has 1 rings (SSSR count). The lowest BCUT2D eigenvalue weighted by Crippen LogP contribution is -2.16. The summed E-state index contributed by atoms with van der Waals surface area (Å²) in [4.78, 5) is 11.9. The average molecular weight is 263 g/mol. The number of anilines is 1. The van der Waals surface area contributed by atoms with Crippen molar-refractivity contribution in [2.24, 2.45) is 5.41 Å². The third kappa shape index (κ3) is 4.32. The molecular weight excluding hydrogens is 242 g/mol. The highest BCUT2D eigenvalue weighted by Gasteiger charge is 2.19. The number of esters is 1. The maximum atomic E-state index is 11.9. The summed E-state index contributed by atoms with van der Waals surface area (Å²) < 4.78 is 7.00. The van der Waals surface area contributed by atoms with Crippen LogP contribution in [-0.2, 0) is 11.3 Å². The fourth-order valence-electron chi connectivity index (χ4n) is 1.66. The van der Waals surface area contributed by atoms with E-state index in [0.717, 1.165) is 13.0 Å². The number of hydrogen-bond acceptors (Lipinski definition) is 4. The summed E-state index contributed by atoms with van der Waals surface area (Å²) in [6.07, 6.45) is 3.16. The van der Waals surface area contributed by atoms with Crippen LogP contribution in [0.4, 0.5) is 5.69 Å². The number of carbonyl (C=O) groups excluding carboxylic acids is 1. The number of nitrogens with two attached hydrogens (primary N) is 1. The Balaban J connectivity index is 2.61. The van der Waals surface area contributed by atoms with Crippen molar-refractivity contribution in [2.45, 2.75) is 40.2 Å². The summed E-state index contributed by atoms with van der Waals surface area (Å²) in [5.74, 6) is -0.390. The molecule has 2 N–H and O–H groups in total. The van der Waals surface area contributed by atoms with Crippen molar-refractivity contribution < 1.29 is 9.53 Å². The van der Waals surface area contributed by atoms with E-state index in [1.165, 1.54) is 0 Å². The van der Waals surface area contributed by atoms with Gasteiger partial charge in [0.25, 0.3) is 0 Å². The number of aryl methyl sites for hydroxylation is 1. The number of nitriles is 1. The van der Waals surface area contributed by atoms with E-state index in [2.05, 4.69) is 6.07 Å². The normalized spacial score (nSPS) is 11.1. The van der Waals surface area contributed by atoms with Crippen molar-refractivity contribution in [2.75, 3.05) is 12.3 Å². The van der Waals surface area contributed by atoms with Crippen LogP contribution in [0.1, 0.15) is 44.1 Å². The number of carbonyl (C=O) groups is 1. The van der Waals surface area contributed by atoms with E-state index in [9.17, 15) is 4.79 Å². The molecule has 1 heterocycles. The minimum Gasteiger partial charge on any atom is -0.461 e. The SMILES string of the molecule is CCCn1cc(N)cc1C(=O)OCCC(C)(C)C#N. The van der Waals surface area contributed by atoms with E-state index >= 15 is 0 Å². The van der Waals surface area contributed by atoms with Gasteiger partial charge in [0.05, 0.1) is 23.8 Å². The first kappa shape index (κ1) is 15.1. The second kappa shape index (κ2) is 6.28. The monoisotopic (exact) mass is 263 g/mol. The highest BCUT2D eigenvalue weighted by Crippen LogP contribution is 2.19. The van der Waals surface area contributed by atoms with Crippen LogP contribution >= 0.6 is 0 Å². The first-order valence-electron chi connectivity index (χ1n) is 6.43. The molecular formula is C14H21N3O2. The third-order valence-corrected chi connectivity index (χ3v) is 2.85. The molecule has 0 saturated heterocycles. The molecule has 1 aromatic heterocycles. The van der Waals surface area contributed by atoms with Gasteiger partial charge < -0.3 is 15.0 Å². The van der Waals surface area contributed by atoms with Gasteiger partial charge in [0.2, 0.25) is 0 Å². The Kier molecular flexibility index (Phi) is 4.99. The molecule has 0 spiro atoms. The van der Waals surface area contributed by atoms with Gasteiger partial charge in [0, 0.05) is 12.7 Å². The number of nitrogens with zero attached hydrogens (tertiary/aromatic N) is 2. The van der Waals surface area contributed by atoms with E-state index in [1.807, 2.05) is 20.8 Å². The Hall–Kier alpha value is -1.96. The van der Waals surface area contributed by atoms with Crippen LogP contribution in [0.3, 0.4) is 0 Å². The Morgan fingerprint density at radius 3 is 2.84 bits per heavy atom. The minimum absolute atomic E-state index is 0.233. The zero-order chi connectivity index (χ0) is 14.5. The molecule has 0 atom stereocenters. The molecule has 0 amide bonds.